The number of aliphatic carboxylic acids is 1. The molecule has 33 heavy (non-hydrogen) atoms. The van der Waals surface area contributed by atoms with Gasteiger partial charge in [-0.15, -0.1) is 23.1 Å². The van der Waals surface area contributed by atoms with Crippen molar-refractivity contribution in [2.45, 2.75) is 11.4 Å². The molecule has 1 aromatic carbocycles. The van der Waals surface area contributed by atoms with E-state index in [0.29, 0.717) is 11.3 Å². The first-order valence-corrected chi connectivity index (χ1v) is 11.6. The van der Waals surface area contributed by atoms with Crippen molar-refractivity contribution in [1.82, 2.24) is 15.2 Å². The highest BCUT2D eigenvalue weighted by atomic mass is 32.2. The zero-order chi connectivity index (χ0) is 23.5. The van der Waals surface area contributed by atoms with E-state index in [0.717, 1.165) is 16.9 Å². The van der Waals surface area contributed by atoms with E-state index >= 15 is 0 Å². The fraction of sp³-hybridized carbons (Fsp3) is 0.190. The predicted molar refractivity (Wildman–Crippen MR) is 125 cm³/mol. The van der Waals surface area contributed by atoms with Crippen molar-refractivity contribution in [3.63, 3.8) is 0 Å². The maximum absolute atomic E-state index is 12.9. The van der Waals surface area contributed by atoms with Gasteiger partial charge in [0.05, 0.1) is 0 Å². The van der Waals surface area contributed by atoms with Gasteiger partial charge in [-0.2, -0.15) is 0 Å². The third kappa shape index (κ3) is 4.47. The fourth-order valence-electron chi connectivity index (χ4n) is 3.43. The van der Waals surface area contributed by atoms with Gasteiger partial charge in [0.25, 0.3) is 11.8 Å². The topological polar surface area (TPSA) is 147 Å². The Kier molecular flexibility index (Phi) is 6.47. The number of nitrogens with zero attached hydrogens (tertiary/aromatic N) is 3. The molecule has 0 bridgehead atoms. The van der Waals surface area contributed by atoms with Gasteiger partial charge in [0.1, 0.15) is 29.9 Å². The molecule has 10 nitrogen and oxygen atoms in total. The predicted octanol–water partition coefficient (Wildman–Crippen LogP) is 1.53. The summed E-state index contributed by atoms with van der Waals surface area (Å²) in [5.74, 6) is -2.02. The Morgan fingerprint density at radius 2 is 2.09 bits per heavy atom. The van der Waals surface area contributed by atoms with Crippen molar-refractivity contribution in [1.29, 1.82) is 0 Å². The minimum atomic E-state index is -1.20. The Hall–Kier alpha value is -3.64. The number of carbonyl (C=O) groups is 3. The number of oxime groups is 1. The Morgan fingerprint density at radius 3 is 2.73 bits per heavy atom. The van der Waals surface area contributed by atoms with Crippen molar-refractivity contribution < 1.29 is 24.3 Å². The molecule has 0 spiro atoms. The van der Waals surface area contributed by atoms with Crippen LogP contribution >= 0.6 is 23.1 Å². The highest BCUT2D eigenvalue weighted by Crippen LogP contribution is 2.40. The number of thioether (sulfide) groups is 1. The number of rotatable bonds is 7. The molecule has 1 unspecified atom stereocenters. The summed E-state index contributed by atoms with van der Waals surface area (Å²) in [5, 5.41) is 17.4. The van der Waals surface area contributed by atoms with Crippen LogP contribution in [0.5, 0.6) is 0 Å². The number of β-lactam (4-membered cyclic amide) rings is 1. The first kappa shape index (κ1) is 22.6. The SMILES string of the molecule is CON=C(C(=O)NC1C(=O)N2C(C(=O)O)=C(C=Cc3ccccc3)CS[C@@H]12)c1csc(N)n1. The number of thiazole rings is 1. The molecule has 170 valence electrons. The van der Waals surface area contributed by atoms with Crippen LogP contribution in [0.15, 0.2) is 58.2 Å². The summed E-state index contributed by atoms with van der Waals surface area (Å²) >= 11 is 2.50. The summed E-state index contributed by atoms with van der Waals surface area (Å²) in [7, 11) is 1.28. The molecule has 1 aromatic heterocycles. The lowest BCUT2D eigenvalue weighted by molar-refractivity contribution is -0.150. The number of carboxylic acids is 1. The van der Waals surface area contributed by atoms with Crippen LogP contribution in [0.2, 0.25) is 0 Å². The van der Waals surface area contributed by atoms with Gasteiger partial charge in [0.15, 0.2) is 10.8 Å². The highest BCUT2D eigenvalue weighted by molar-refractivity contribution is 8.00. The summed E-state index contributed by atoms with van der Waals surface area (Å²) < 4.78 is 0. The summed E-state index contributed by atoms with van der Waals surface area (Å²) in [6.07, 6.45) is 3.51. The number of fused-ring (bicyclic) bond motifs is 1. The number of nitrogens with two attached hydrogens (primary N) is 1. The molecule has 2 atom stereocenters. The van der Waals surface area contributed by atoms with Crippen LogP contribution in [-0.4, -0.2) is 62.8 Å². The third-order valence-electron chi connectivity index (χ3n) is 4.93. The first-order valence-electron chi connectivity index (χ1n) is 9.68. The molecule has 12 heteroatoms. The molecular weight excluding hydrogens is 466 g/mol. The summed E-state index contributed by atoms with van der Waals surface area (Å²) in [4.78, 5) is 47.6. The van der Waals surface area contributed by atoms with Crippen molar-refractivity contribution in [2.75, 3.05) is 18.6 Å². The van der Waals surface area contributed by atoms with Crippen molar-refractivity contribution in [2.24, 2.45) is 5.16 Å². The van der Waals surface area contributed by atoms with Crippen LogP contribution in [0.1, 0.15) is 11.3 Å². The first-order chi connectivity index (χ1) is 15.9. The lowest BCUT2D eigenvalue weighted by atomic mass is 10.0. The molecule has 0 radical (unpaired) electrons. The number of allylic oxidation sites excluding steroid dienone is 1. The van der Waals surface area contributed by atoms with Gasteiger partial charge in [-0.1, -0.05) is 47.6 Å². The third-order valence-corrected chi connectivity index (χ3v) is 6.90. The number of benzene rings is 1. The standard InChI is InChI=1S/C21H19N5O5S2/c1-31-25-14(13-10-33-21(22)23-13)17(27)24-15-18(28)26-16(20(29)30)12(9-32-19(15)26)8-7-11-5-3-2-4-6-11/h2-8,10,15,19H,9H2,1H3,(H2,22,23)(H,24,27)(H,29,30)/t15?,19-/m0/s1. The minimum Gasteiger partial charge on any atom is -0.477 e. The summed E-state index contributed by atoms with van der Waals surface area (Å²) in [6, 6.07) is 8.53. The lowest BCUT2D eigenvalue weighted by Gasteiger charge is -2.49. The van der Waals surface area contributed by atoms with E-state index < -0.39 is 29.2 Å². The van der Waals surface area contributed by atoms with Crippen molar-refractivity contribution in [3.8, 4) is 0 Å². The minimum absolute atomic E-state index is 0.0838. The Balaban J connectivity index is 1.53. The molecule has 2 aliphatic rings. The number of hydrogen-bond donors (Lipinski definition) is 3. The molecule has 2 amide bonds. The number of nitrogen functional groups attached to an aromatic ring is 1. The second-order valence-electron chi connectivity index (χ2n) is 6.98. The largest absolute Gasteiger partial charge is 0.477 e. The van der Waals surface area contributed by atoms with Crippen molar-refractivity contribution in [3.05, 3.63) is 64.3 Å². The van der Waals surface area contributed by atoms with Gasteiger partial charge < -0.3 is 21.0 Å². The van der Waals surface area contributed by atoms with E-state index in [4.69, 9.17) is 10.6 Å². The number of aromatic nitrogens is 1. The quantitative estimate of drug-likeness (QED) is 0.304. The van der Waals surface area contributed by atoms with E-state index in [1.54, 1.807) is 17.5 Å². The van der Waals surface area contributed by atoms with E-state index in [2.05, 4.69) is 15.5 Å². The van der Waals surface area contributed by atoms with E-state index in [-0.39, 0.29) is 22.2 Å². The molecule has 1 fully saturated rings. The van der Waals surface area contributed by atoms with Gasteiger partial charge in [0, 0.05) is 11.1 Å². The molecular formula is C21H19N5O5S2. The van der Waals surface area contributed by atoms with Crippen LogP contribution in [0.4, 0.5) is 5.13 Å². The molecule has 1 saturated heterocycles. The van der Waals surface area contributed by atoms with E-state index in [9.17, 15) is 19.5 Å². The molecule has 2 aromatic rings. The second kappa shape index (κ2) is 9.46. The number of hydrogen-bond acceptors (Lipinski definition) is 9. The average molecular weight is 486 g/mol. The molecule has 4 rings (SSSR count). The Bertz CT molecular complexity index is 1190. The van der Waals surface area contributed by atoms with Crippen LogP contribution in [0.25, 0.3) is 6.08 Å². The normalized spacial score (nSPS) is 20.5. The average Bonchev–Trinajstić information content (AvgIpc) is 3.25. The van der Waals surface area contributed by atoms with Gasteiger partial charge in [-0.05, 0) is 11.1 Å². The summed E-state index contributed by atoms with van der Waals surface area (Å²) in [6.45, 7) is 0. The van der Waals surface area contributed by atoms with E-state index in [1.165, 1.54) is 23.8 Å². The van der Waals surface area contributed by atoms with Crippen LogP contribution in [0.3, 0.4) is 0 Å². The molecule has 2 aliphatic heterocycles. The Labute approximate surface area is 196 Å². The maximum atomic E-state index is 12.9. The number of anilines is 1. The highest BCUT2D eigenvalue weighted by Gasteiger charge is 2.54. The molecule has 4 N–H and O–H groups in total. The smallest absolute Gasteiger partial charge is 0.352 e. The number of nitrogens with one attached hydrogen (secondary N) is 1. The van der Waals surface area contributed by atoms with Gasteiger partial charge in [-0.25, -0.2) is 9.78 Å². The zero-order valence-corrected chi connectivity index (χ0v) is 18.9. The summed E-state index contributed by atoms with van der Waals surface area (Å²) in [5.41, 5.74) is 7.07. The number of amides is 2. The van der Waals surface area contributed by atoms with Crippen LogP contribution in [-0.2, 0) is 19.2 Å². The maximum Gasteiger partial charge on any atom is 0.352 e. The monoisotopic (exact) mass is 485 g/mol. The lowest BCUT2D eigenvalue weighted by Crippen LogP contribution is -2.71. The molecule has 3 heterocycles. The Morgan fingerprint density at radius 1 is 1.33 bits per heavy atom. The zero-order valence-electron chi connectivity index (χ0n) is 17.3. The van der Waals surface area contributed by atoms with Gasteiger partial charge in [-0.3, -0.25) is 14.5 Å². The van der Waals surface area contributed by atoms with Crippen molar-refractivity contribution >= 4 is 57.8 Å². The molecule has 0 saturated carbocycles. The fourth-order valence-corrected chi connectivity index (χ4v) is 5.30. The molecule has 0 aliphatic carbocycles. The van der Waals surface area contributed by atoms with Gasteiger partial charge >= 0.3 is 5.97 Å². The second-order valence-corrected chi connectivity index (χ2v) is 8.97. The number of carboxylic acid groups (broad SMARTS) is 1. The van der Waals surface area contributed by atoms with E-state index in [1.807, 2.05) is 30.3 Å². The van der Waals surface area contributed by atoms with Crippen LogP contribution < -0.4 is 11.1 Å². The van der Waals surface area contributed by atoms with Crippen LogP contribution in [0, 0.1) is 0 Å². The number of carbonyl (C=O) groups excluding carboxylic acids is 2. The van der Waals surface area contributed by atoms with Gasteiger partial charge in [0.2, 0.25) is 0 Å².